The Labute approximate surface area is 808 Å². The van der Waals surface area contributed by atoms with Gasteiger partial charge in [-0.15, -0.1) is 0 Å². The predicted molar refractivity (Wildman–Crippen MR) is 539 cm³/mol. The van der Waals surface area contributed by atoms with E-state index in [4.69, 9.17) is 31.4 Å². The van der Waals surface area contributed by atoms with Crippen molar-refractivity contribution in [2.75, 3.05) is 45.8 Å². The number of hydrogen-bond acceptors (Lipinski definition) is 12. The molecule has 0 saturated carbocycles. The van der Waals surface area contributed by atoms with E-state index in [2.05, 4.69) is 144 Å². The van der Waals surface area contributed by atoms with Crippen molar-refractivity contribution < 1.29 is 79.3 Å². The Bertz CT molecular complexity index is 5410. The van der Waals surface area contributed by atoms with Crippen molar-refractivity contribution in [3.05, 3.63) is 404 Å². The van der Waals surface area contributed by atoms with Crippen molar-refractivity contribution in [1.82, 2.24) is 21.3 Å². The van der Waals surface area contributed by atoms with Gasteiger partial charge >= 0.3 is 12.2 Å². The summed E-state index contributed by atoms with van der Waals surface area (Å²) in [6, 6.07) is 125. The van der Waals surface area contributed by atoms with Gasteiger partial charge in [-0.3, -0.25) is 19.2 Å². The van der Waals surface area contributed by atoms with E-state index < -0.39 is 6.09 Å². The van der Waals surface area contributed by atoms with Gasteiger partial charge in [0.2, 0.25) is 0 Å². The number of halogens is 2. The van der Waals surface area contributed by atoms with Gasteiger partial charge in [-0.1, -0.05) is 317 Å². The van der Waals surface area contributed by atoms with Crippen LogP contribution in [-0.2, 0) is 27.5 Å². The first-order valence-corrected chi connectivity index (χ1v) is 45.9. The van der Waals surface area contributed by atoms with E-state index in [-0.39, 0.29) is 67.1 Å². The first-order chi connectivity index (χ1) is 65.0. The summed E-state index contributed by atoms with van der Waals surface area (Å²) in [5.41, 5.74) is 45.8. The molecule has 14 aromatic carbocycles. The van der Waals surface area contributed by atoms with Crippen LogP contribution >= 0.6 is 0 Å². The van der Waals surface area contributed by atoms with Gasteiger partial charge in [-0.05, 0) is 243 Å². The highest BCUT2D eigenvalue weighted by atomic mass is 35.5. The zero-order chi connectivity index (χ0) is 93.8. The van der Waals surface area contributed by atoms with Crippen LogP contribution in [0, 0.1) is 11.8 Å². The van der Waals surface area contributed by atoms with Crippen LogP contribution in [0.2, 0.25) is 0 Å². The van der Waals surface area contributed by atoms with Crippen LogP contribution in [0.25, 0.3) is 89.0 Å². The molecule has 0 unspecified atom stereocenters. The summed E-state index contributed by atoms with van der Waals surface area (Å²) in [7, 11) is 0. The third kappa shape index (κ3) is 37.9. The van der Waals surface area contributed by atoms with E-state index in [1.165, 1.54) is 0 Å². The number of unbranched alkanes of at least 4 members (excludes halogenated alkanes) is 1. The number of benzene rings is 14. The summed E-state index contributed by atoms with van der Waals surface area (Å²) in [5, 5.41) is 11.6. The fourth-order valence-electron chi connectivity index (χ4n) is 14.7. The number of ether oxygens (including phenoxy) is 3. The monoisotopic (exact) mass is 1850 g/mol. The zero-order valence-corrected chi connectivity index (χ0v) is 78.7. The molecule has 4 amide bonds. The second kappa shape index (κ2) is 60.3. The Kier molecular flexibility index (Phi) is 47.5. The summed E-state index contributed by atoms with van der Waals surface area (Å²) in [5.74, 6) is 1.29. The Morgan fingerprint density at radius 1 is 0.341 bits per heavy atom. The number of nitrogens with two attached hydrogens (primary N) is 3. The van der Waals surface area contributed by atoms with E-state index in [9.17, 15) is 28.8 Å². The second-order valence-electron chi connectivity index (χ2n) is 32.9. The lowest BCUT2D eigenvalue weighted by molar-refractivity contribution is -0.494. The number of Topliss-reactive ketones (excluding diaryl/α,β-unsaturated/α-hetero) is 1. The van der Waals surface area contributed by atoms with Crippen LogP contribution in [0.4, 0.5) is 9.59 Å². The first kappa shape index (κ1) is 106. The molecular weight excluding hydrogens is 1720 g/mol. The topological polar surface area (TPSA) is 312 Å². The minimum absolute atomic E-state index is 0. The molecule has 20 heteroatoms. The average Bonchev–Trinajstić information content (AvgIpc) is 0.829. The standard InChI is InChI=1S/C33H34N2O3.C25H28N2O.C24H27N3O.C19H14O2.C14H22N2O2.2ClH/c1-25(23-35-33(37)38-24-26-13-5-2-6-14-26)12-11-19-34-32(36)31-21-29(27-15-7-3-8-16-27)20-30(22-31)28-17-9-4-10-18-28;26-18-24(27)13-7-8-14-25(28)23-16-21(19-9-3-1-4-10-19)15-22(17-23)20-11-5-2-6-12-20;25-17-23(26)12-7-13-27-24(28)22-15-20(18-8-3-1-4-9-18)14-21(16-22)19-10-5-2-6-11-19;20-14-21-19-12-17(15-7-3-1-4-8-15)11-18(13-19)16-9-5-2-6-10-16;1-12(6-5-9-15)10-16-14(17)18-11-13-7-3-2-4-8-13;;/h2-10,13-18,20-22,25H,11-12,19,23-24H2,1H3,(H,34,36)(H,35,37);1-6,9-12,15-17,24H,7-8,13-14,18,26-27H2;1-6,8-11,14-16,23H,7,12-13,17,25-26H2,(H,27,28);1-14H;2-4,7-8,12H,5-6,9-11,15H2,1H3,(H,16,17);2*1H/t25-;24-;23-;;12-;;/m000.0../s1. The van der Waals surface area contributed by atoms with Gasteiger partial charge < -0.3 is 89.0 Å². The van der Waals surface area contributed by atoms with E-state index in [1.54, 1.807) is 0 Å². The highest BCUT2D eigenvalue weighted by molar-refractivity contribution is 6.00. The van der Waals surface area contributed by atoms with Crippen molar-refractivity contribution in [2.45, 2.75) is 103 Å². The van der Waals surface area contributed by atoms with Gasteiger partial charge in [0.25, 0.3) is 18.3 Å². The number of nitrogens with one attached hydrogen (secondary N) is 4. The molecule has 0 spiro atoms. The molecule has 18 nitrogen and oxygen atoms in total. The van der Waals surface area contributed by atoms with Crippen molar-refractivity contribution >= 4 is 36.3 Å². The molecule has 135 heavy (non-hydrogen) atoms. The van der Waals surface area contributed by atoms with Crippen molar-refractivity contribution in [3.63, 3.8) is 0 Å². The molecule has 0 aliphatic heterocycles. The van der Waals surface area contributed by atoms with Crippen LogP contribution in [0.1, 0.15) is 120 Å². The highest BCUT2D eigenvalue weighted by Crippen LogP contribution is 2.35. The van der Waals surface area contributed by atoms with Crippen molar-refractivity contribution in [3.8, 4) is 94.8 Å². The minimum atomic E-state index is -0.415. The third-order valence-corrected chi connectivity index (χ3v) is 22.3. The Morgan fingerprint density at radius 3 is 0.911 bits per heavy atom. The van der Waals surface area contributed by atoms with Gasteiger partial charge in [-0.25, -0.2) is 9.59 Å². The van der Waals surface area contributed by atoms with Gasteiger partial charge in [0, 0.05) is 68.3 Å². The fourth-order valence-corrected chi connectivity index (χ4v) is 14.7. The van der Waals surface area contributed by atoms with E-state index >= 15 is 0 Å². The lowest BCUT2D eigenvalue weighted by atomic mass is 9.93. The fraction of sp³-hybridized carbons (Fsp3) is 0.217. The van der Waals surface area contributed by atoms with Gasteiger partial charge in [0.1, 0.15) is 31.5 Å². The Balaban J connectivity index is 0.000000211. The largest absolute Gasteiger partial charge is 1.00 e. The highest BCUT2D eigenvalue weighted by Gasteiger charge is 2.18. The number of carbonyl (C=O) groups is 6. The average molecular weight is 1850 g/mol. The number of alkyl carbamates (subject to hydrolysis) is 2. The number of hydrogen-bond donors (Lipinski definition) is 9. The molecule has 0 aromatic heterocycles. The predicted octanol–water partition coefficient (Wildman–Crippen LogP) is 15.4. The van der Waals surface area contributed by atoms with Crippen LogP contribution < -0.4 is 79.5 Å². The number of amides is 4. The third-order valence-electron chi connectivity index (χ3n) is 22.3. The smallest absolute Gasteiger partial charge is 0.407 e. The first-order valence-electron chi connectivity index (χ1n) is 45.9. The number of ketones is 1. The quantitative estimate of drug-likeness (QED) is 0.00987. The molecule has 4 atom stereocenters. The van der Waals surface area contributed by atoms with E-state index in [0.717, 1.165) is 170 Å². The normalized spacial score (nSPS) is 11.3. The van der Waals surface area contributed by atoms with Gasteiger partial charge in [0.05, 0.1) is 0 Å². The zero-order valence-electron chi connectivity index (χ0n) is 77.2. The summed E-state index contributed by atoms with van der Waals surface area (Å²) >= 11 is 0. The maximum Gasteiger partial charge on any atom is 0.407 e. The molecule has 0 saturated heterocycles. The molecule has 16 N–H and O–H groups in total. The summed E-state index contributed by atoms with van der Waals surface area (Å²) < 4.78 is 15.4. The molecular formula is C115H127Cl2N9O9. The molecule has 0 fully saturated rings. The maximum atomic E-state index is 13.1. The van der Waals surface area contributed by atoms with Crippen LogP contribution in [0.3, 0.4) is 0 Å². The number of quaternary nitrogens is 2. The van der Waals surface area contributed by atoms with Crippen LogP contribution in [-0.4, -0.2) is 94.2 Å². The van der Waals surface area contributed by atoms with Crippen molar-refractivity contribution in [1.29, 1.82) is 0 Å². The van der Waals surface area contributed by atoms with E-state index in [1.807, 2.05) is 279 Å². The molecule has 0 aliphatic carbocycles. The molecule has 700 valence electrons. The maximum absolute atomic E-state index is 13.1. The summed E-state index contributed by atoms with van der Waals surface area (Å²) in [6.07, 6.45) is 8.09. The van der Waals surface area contributed by atoms with Crippen LogP contribution in [0.15, 0.2) is 376 Å². The van der Waals surface area contributed by atoms with E-state index in [0.29, 0.717) is 87.6 Å². The lowest BCUT2D eigenvalue weighted by Crippen LogP contribution is -3.00. The molecule has 14 aromatic rings. The molecule has 0 aliphatic rings. The lowest BCUT2D eigenvalue weighted by Gasteiger charge is -2.14. The van der Waals surface area contributed by atoms with Crippen LogP contribution in [0.5, 0.6) is 5.75 Å². The molecule has 0 radical (unpaired) electrons. The molecule has 0 heterocycles. The SMILES string of the molecule is C[C@@H](CCCN)CNC(=O)OCc1ccccc1.C[C@@H](CCCNC(=O)c1cc(-c2ccccc2)cc(-c2ccccc2)c1)CNC(=O)OCc1ccccc1.NC[C@@H](N)CCCNC(=O)c1cc(-c2ccccc2)cc(-c2ccccc2)c1.O=COc1cc(-c2ccccc2)cc(-c2ccccc2)c1.[Cl-].[Cl-].[NH3+]C[C@@H]([NH3+])CCCCC(=O)c1cc(-c2ccccc2)cc(-c2ccccc2)c1. The Hall–Kier alpha value is -13.9. The minimum Gasteiger partial charge on any atom is -1.00 e. The Morgan fingerprint density at radius 2 is 0.622 bits per heavy atom. The summed E-state index contributed by atoms with van der Waals surface area (Å²) in [6.45, 7) is 9.52. The second-order valence-corrected chi connectivity index (χ2v) is 32.9. The molecule has 0 bridgehead atoms. The van der Waals surface area contributed by atoms with Gasteiger partial charge in [-0.2, -0.15) is 0 Å². The molecule has 14 rings (SSSR count). The van der Waals surface area contributed by atoms with Crippen molar-refractivity contribution in [2.24, 2.45) is 29.0 Å². The number of carbonyl (C=O) groups excluding carboxylic acids is 6. The summed E-state index contributed by atoms with van der Waals surface area (Å²) in [4.78, 5) is 72.8. The van der Waals surface area contributed by atoms with Gasteiger partial charge in [0.15, 0.2) is 5.78 Å². The number of rotatable bonds is 39.